The summed E-state index contributed by atoms with van der Waals surface area (Å²) < 4.78 is 22.3. The largest absolute Gasteiger partial charge is 0.507 e. The van der Waals surface area contributed by atoms with Crippen molar-refractivity contribution in [3.63, 3.8) is 0 Å². The Labute approximate surface area is 221 Å². The van der Waals surface area contributed by atoms with Gasteiger partial charge in [-0.1, -0.05) is 30.3 Å². The number of hydrogen-bond acceptors (Lipinski definition) is 7. The Morgan fingerprint density at radius 2 is 1.66 bits per heavy atom. The van der Waals surface area contributed by atoms with E-state index in [-0.39, 0.29) is 24.0 Å². The number of fused-ring (bicyclic) bond motifs is 1. The molecule has 0 unspecified atom stereocenters. The highest BCUT2D eigenvalue weighted by Crippen LogP contribution is 2.46. The Morgan fingerprint density at radius 3 is 2.29 bits per heavy atom. The van der Waals surface area contributed by atoms with Crippen LogP contribution in [-0.2, 0) is 22.6 Å². The topological polar surface area (TPSA) is 94.5 Å². The van der Waals surface area contributed by atoms with Crippen molar-refractivity contribution < 1.29 is 33.6 Å². The Balaban J connectivity index is 1.69. The molecule has 1 amide bonds. The minimum atomic E-state index is -0.896. The molecule has 0 bridgehead atoms. The maximum Gasteiger partial charge on any atom is 0.295 e. The molecule has 196 valence electrons. The van der Waals surface area contributed by atoms with E-state index in [1.54, 1.807) is 24.3 Å². The van der Waals surface area contributed by atoms with Gasteiger partial charge in [0.1, 0.15) is 17.6 Å². The molecule has 3 aromatic carbocycles. The number of carbonyl (C=O) groups is 2. The summed E-state index contributed by atoms with van der Waals surface area (Å²) in [6.45, 7) is 2.14. The monoisotopic (exact) mass is 515 g/mol. The van der Waals surface area contributed by atoms with Crippen molar-refractivity contribution in [3.05, 3.63) is 88.5 Å². The van der Waals surface area contributed by atoms with E-state index in [1.807, 2.05) is 43.3 Å². The van der Waals surface area contributed by atoms with Gasteiger partial charge in [0.2, 0.25) is 5.75 Å². The zero-order chi connectivity index (χ0) is 27.0. The lowest BCUT2D eigenvalue weighted by atomic mass is 9.93. The van der Waals surface area contributed by atoms with E-state index in [1.165, 1.54) is 26.2 Å². The highest BCUT2D eigenvalue weighted by Gasteiger charge is 2.46. The predicted molar refractivity (Wildman–Crippen MR) is 141 cm³/mol. The smallest absolute Gasteiger partial charge is 0.295 e. The van der Waals surface area contributed by atoms with Crippen LogP contribution < -0.4 is 18.9 Å². The van der Waals surface area contributed by atoms with E-state index in [4.69, 9.17) is 18.9 Å². The molecular weight excluding hydrogens is 486 g/mol. The lowest BCUT2D eigenvalue weighted by molar-refractivity contribution is -0.140. The second kappa shape index (κ2) is 10.1. The number of ether oxygens (including phenoxy) is 4. The molecule has 0 radical (unpaired) electrons. The third-order valence-electron chi connectivity index (χ3n) is 6.91. The van der Waals surface area contributed by atoms with Crippen molar-refractivity contribution in [1.29, 1.82) is 0 Å². The van der Waals surface area contributed by atoms with Gasteiger partial charge in [-0.05, 0) is 53.9 Å². The van der Waals surface area contributed by atoms with E-state index in [0.717, 1.165) is 16.9 Å². The molecule has 2 aliphatic heterocycles. The molecule has 5 rings (SSSR count). The van der Waals surface area contributed by atoms with Crippen LogP contribution >= 0.6 is 0 Å². The van der Waals surface area contributed by atoms with Gasteiger partial charge in [0.15, 0.2) is 11.5 Å². The average Bonchev–Trinajstić information content (AvgIpc) is 3.43. The first-order valence-electron chi connectivity index (χ1n) is 12.3. The Kier molecular flexibility index (Phi) is 6.72. The number of hydrogen-bond donors (Lipinski definition) is 1. The number of amides is 1. The van der Waals surface area contributed by atoms with Crippen LogP contribution in [0.25, 0.3) is 5.76 Å². The number of methoxy groups -OCH3 is 3. The van der Waals surface area contributed by atoms with Crippen LogP contribution in [0.1, 0.15) is 35.2 Å². The second-order valence-corrected chi connectivity index (χ2v) is 9.33. The van der Waals surface area contributed by atoms with Gasteiger partial charge in [-0.15, -0.1) is 0 Å². The molecule has 0 spiro atoms. The van der Waals surface area contributed by atoms with Crippen molar-refractivity contribution in [2.24, 2.45) is 0 Å². The number of likely N-dealkylation sites (tertiary alicyclic amines) is 1. The molecule has 2 atom stereocenters. The lowest BCUT2D eigenvalue weighted by Gasteiger charge is -2.26. The molecule has 8 nitrogen and oxygen atoms in total. The van der Waals surface area contributed by atoms with Crippen LogP contribution in [0.4, 0.5) is 0 Å². The van der Waals surface area contributed by atoms with Gasteiger partial charge in [0, 0.05) is 18.5 Å². The number of nitrogens with zero attached hydrogens (tertiary/aromatic N) is 1. The fraction of sp³-hybridized carbons (Fsp3) is 0.267. The lowest BCUT2D eigenvalue weighted by Crippen LogP contribution is -2.29. The van der Waals surface area contributed by atoms with E-state index >= 15 is 0 Å². The molecule has 2 heterocycles. The summed E-state index contributed by atoms with van der Waals surface area (Å²) in [7, 11) is 4.49. The summed E-state index contributed by atoms with van der Waals surface area (Å²) in [5.74, 6) is 0.160. The van der Waals surface area contributed by atoms with Crippen LogP contribution in [-0.4, -0.2) is 49.1 Å². The number of aliphatic hydroxyl groups excluding tert-OH is 1. The van der Waals surface area contributed by atoms with Crippen LogP contribution in [0, 0.1) is 0 Å². The van der Waals surface area contributed by atoms with Gasteiger partial charge in [0.25, 0.3) is 11.7 Å². The molecule has 1 saturated heterocycles. The van der Waals surface area contributed by atoms with Gasteiger partial charge >= 0.3 is 0 Å². The van der Waals surface area contributed by atoms with Crippen LogP contribution in [0.5, 0.6) is 23.0 Å². The van der Waals surface area contributed by atoms with Gasteiger partial charge in [-0.3, -0.25) is 9.59 Å². The second-order valence-electron chi connectivity index (χ2n) is 9.33. The highest BCUT2D eigenvalue weighted by atomic mass is 16.5. The molecule has 0 aliphatic carbocycles. The van der Waals surface area contributed by atoms with E-state index in [0.29, 0.717) is 34.8 Å². The van der Waals surface area contributed by atoms with E-state index in [2.05, 4.69) is 0 Å². The summed E-state index contributed by atoms with van der Waals surface area (Å²) in [6, 6.07) is 17.2. The number of benzene rings is 3. The van der Waals surface area contributed by atoms with E-state index in [9.17, 15) is 14.7 Å². The van der Waals surface area contributed by atoms with Crippen molar-refractivity contribution in [2.75, 3.05) is 21.3 Å². The maximum atomic E-state index is 13.5. The van der Waals surface area contributed by atoms with Crippen molar-refractivity contribution in [2.45, 2.75) is 32.0 Å². The molecule has 3 aromatic rings. The van der Waals surface area contributed by atoms with Crippen LogP contribution in [0.15, 0.2) is 66.2 Å². The van der Waals surface area contributed by atoms with E-state index < -0.39 is 17.7 Å². The Hall–Kier alpha value is -4.46. The number of aliphatic hydroxyl groups is 1. The quantitative estimate of drug-likeness (QED) is 0.278. The minimum Gasteiger partial charge on any atom is -0.507 e. The molecule has 8 heteroatoms. The summed E-state index contributed by atoms with van der Waals surface area (Å²) in [5.41, 5.74) is 2.75. The number of ketones is 1. The fourth-order valence-corrected chi connectivity index (χ4v) is 5.15. The SMILES string of the molecule is COc1cc([C@H]2C(=C(O)c3ccc4c(c3)C[C@@H](C)O4)C(=O)C(=O)N2Cc2ccccc2)cc(OC)c1OC. The molecule has 2 aliphatic rings. The molecule has 1 N–H and O–H groups in total. The first-order valence-corrected chi connectivity index (χ1v) is 12.3. The van der Waals surface area contributed by atoms with Gasteiger partial charge in [0.05, 0.1) is 32.9 Å². The van der Waals surface area contributed by atoms with Crippen LogP contribution in [0.2, 0.25) is 0 Å². The number of carbonyl (C=O) groups excluding carboxylic acids is 2. The van der Waals surface area contributed by atoms with Crippen molar-refractivity contribution in [1.82, 2.24) is 4.90 Å². The summed E-state index contributed by atoms with van der Waals surface area (Å²) in [4.78, 5) is 28.4. The first-order chi connectivity index (χ1) is 18.4. The summed E-state index contributed by atoms with van der Waals surface area (Å²) in [5, 5.41) is 11.5. The normalized spacial score (nSPS) is 19.7. The Morgan fingerprint density at radius 1 is 0.974 bits per heavy atom. The van der Waals surface area contributed by atoms with Crippen LogP contribution in [0.3, 0.4) is 0 Å². The molecule has 38 heavy (non-hydrogen) atoms. The number of rotatable bonds is 7. The summed E-state index contributed by atoms with van der Waals surface area (Å²) in [6.07, 6.45) is 0.716. The third kappa shape index (κ3) is 4.32. The van der Waals surface area contributed by atoms with Crippen molar-refractivity contribution in [3.8, 4) is 23.0 Å². The first kappa shape index (κ1) is 25.2. The average molecular weight is 516 g/mol. The number of Topliss-reactive ketones (excluding diaryl/α,β-unsaturated/α-hetero) is 1. The maximum absolute atomic E-state index is 13.5. The zero-order valence-corrected chi connectivity index (χ0v) is 21.7. The zero-order valence-electron chi connectivity index (χ0n) is 21.7. The van der Waals surface area contributed by atoms with Gasteiger partial charge in [-0.25, -0.2) is 0 Å². The highest BCUT2D eigenvalue weighted by molar-refractivity contribution is 6.46. The summed E-state index contributed by atoms with van der Waals surface area (Å²) >= 11 is 0. The molecular formula is C30H29NO7. The molecule has 0 aromatic heterocycles. The molecule has 1 fully saturated rings. The van der Waals surface area contributed by atoms with Crippen molar-refractivity contribution >= 4 is 17.4 Å². The standard InChI is InChI=1S/C30H29NO7/c1-17-12-20-13-19(10-11-22(20)38-17)27(32)25-26(21-14-23(35-2)29(37-4)24(15-21)36-3)31(30(34)28(25)33)16-18-8-6-5-7-9-18/h5-11,13-15,17,26,32H,12,16H2,1-4H3/t17-,26+/m1/s1. The van der Waals surface area contributed by atoms with Gasteiger partial charge in [-0.2, -0.15) is 0 Å². The fourth-order valence-electron chi connectivity index (χ4n) is 5.15. The van der Waals surface area contributed by atoms with Gasteiger partial charge < -0.3 is 29.0 Å². The third-order valence-corrected chi connectivity index (χ3v) is 6.91. The Bertz CT molecular complexity index is 1400. The minimum absolute atomic E-state index is 0.00730. The molecule has 0 saturated carbocycles. The predicted octanol–water partition coefficient (Wildman–Crippen LogP) is 4.66.